The number of carboxylic acids is 1. The number of H-pyrrole nitrogens is 1. The minimum absolute atomic E-state index is 0.651. The number of fused-ring (bicyclic) bond motifs is 1. The minimum Gasteiger partial charge on any atom is -0.478 e. The van der Waals surface area contributed by atoms with Crippen LogP contribution in [0.2, 0.25) is 5.02 Å². The molecule has 0 aliphatic rings. The molecular formula is C11H8ClNO2. The monoisotopic (exact) mass is 221 g/mol. The summed E-state index contributed by atoms with van der Waals surface area (Å²) < 4.78 is 0. The Labute approximate surface area is 91.0 Å². The SMILES string of the molecule is O=C(O)/C=C/c1c[nH]c2cc(Cl)ccc12. The van der Waals surface area contributed by atoms with E-state index in [0.717, 1.165) is 22.5 Å². The van der Waals surface area contributed by atoms with Gasteiger partial charge in [-0.2, -0.15) is 0 Å². The highest BCUT2D eigenvalue weighted by atomic mass is 35.5. The highest BCUT2D eigenvalue weighted by molar-refractivity contribution is 6.31. The molecule has 0 bridgehead atoms. The maximum atomic E-state index is 10.4. The average Bonchev–Trinajstić information content (AvgIpc) is 2.57. The van der Waals surface area contributed by atoms with Gasteiger partial charge < -0.3 is 10.1 Å². The first-order chi connectivity index (χ1) is 7.16. The van der Waals surface area contributed by atoms with Crippen LogP contribution in [0.3, 0.4) is 0 Å². The second-order valence-corrected chi connectivity index (χ2v) is 3.54. The fourth-order valence-electron chi connectivity index (χ4n) is 1.42. The first kappa shape index (κ1) is 9.80. The summed E-state index contributed by atoms with van der Waals surface area (Å²) in [6.45, 7) is 0. The van der Waals surface area contributed by atoms with Gasteiger partial charge in [0, 0.05) is 33.8 Å². The van der Waals surface area contributed by atoms with Crippen LogP contribution in [0.25, 0.3) is 17.0 Å². The van der Waals surface area contributed by atoms with E-state index in [1.54, 1.807) is 24.4 Å². The lowest BCUT2D eigenvalue weighted by Gasteiger charge is -1.92. The molecule has 0 radical (unpaired) electrons. The lowest BCUT2D eigenvalue weighted by molar-refractivity contribution is -0.131. The summed E-state index contributed by atoms with van der Waals surface area (Å²) in [5, 5.41) is 10.1. The van der Waals surface area contributed by atoms with Crippen LogP contribution in [0.5, 0.6) is 0 Å². The van der Waals surface area contributed by atoms with E-state index in [-0.39, 0.29) is 0 Å². The number of benzene rings is 1. The number of hydrogen-bond donors (Lipinski definition) is 2. The van der Waals surface area contributed by atoms with Gasteiger partial charge in [0.25, 0.3) is 0 Å². The van der Waals surface area contributed by atoms with E-state index >= 15 is 0 Å². The summed E-state index contributed by atoms with van der Waals surface area (Å²) in [6.07, 6.45) is 4.41. The molecule has 4 heteroatoms. The summed E-state index contributed by atoms with van der Waals surface area (Å²) in [4.78, 5) is 13.4. The van der Waals surface area contributed by atoms with Crippen LogP contribution in [-0.2, 0) is 4.79 Å². The van der Waals surface area contributed by atoms with E-state index in [9.17, 15) is 4.79 Å². The molecule has 0 spiro atoms. The molecule has 0 saturated carbocycles. The van der Waals surface area contributed by atoms with Crippen LogP contribution >= 0.6 is 11.6 Å². The van der Waals surface area contributed by atoms with Gasteiger partial charge in [0.2, 0.25) is 0 Å². The van der Waals surface area contributed by atoms with Crippen molar-refractivity contribution < 1.29 is 9.90 Å². The molecule has 0 aliphatic carbocycles. The molecule has 15 heavy (non-hydrogen) atoms. The smallest absolute Gasteiger partial charge is 0.328 e. The van der Waals surface area contributed by atoms with Gasteiger partial charge >= 0.3 is 5.97 Å². The van der Waals surface area contributed by atoms with Crippen LogP contribution in [0, 0.1) is 0 Å². The molecule has 0 saturated heterocycles. The van der Waals surface area contributed by atoms with Crippen molar-refractivity contribution in [1.29, 1.82) is 0 Å². The first-order valence-electron chi connectivity index (χ1n) is 4.34. The van der Waals surface area contributed by atoms with Crippen molar-refractivity contribution >= 4 is 34.5 Å². The van der Waals surface area contributed by atoms with Crippen LogP contribution in [0.4, 0.5) is 0 Å². The van der Waals surface area contributed by atoms with Crippen molar-refractivity contribution in [3.8, 4) is 0 Å². The van der Waals surface area contributed by atoms with Gasteiger partial charge in [-0.05, 0) is 18.2 Å². The van der Waals surface area contributed by atoms with E-state index < -0.39 is 5.97 Å². The second kappa shape index (κ2) is 3.79. The van der Waals surface area contributed by atoms with Crippen molar-refractivity contribution in [2.75, 3.05) is 0 Å². The molecule has 2 N–H and O–H groups in total. The topological polar surface area (TPSA) is 53.1 Å². The Morgan fingerprint density at radius 3 is 3.00 bits per heavy atom. The van der Waals surface area contributed by atoms with Gasteiger partial charge in [0.15, 0.2) is 0 Å². The lowest BCUT2D eigenvalue weighted by Crippen LogP contribution is -1.84. The molecule has 0 amide bonds. The van der Waals surface area contributed by atoms with Crippen LogP contribution in [-0.4, -0.2) is 16.1 Å². The largest absolute Gasteiger partial charge is 0.478 e. The zero-order chi connectivity index (χ0) is 10.8. The standard InChI is InChI=1S/C11H8ClNO2/c12-8-2-3-9-7(1-4-11(14)15)6-13-10(9)5-8/h1-6,13H,(H,14,15)/b4-1+. The Morgan fingerprint density at radius 2 is 2.27 bits per heavy atom. The van der Waals surface area contributed by atoms with E-state index in [1.165, 1.54) is 0 Å². The Morgan fingerprint density at radius 1 is 1.47 bits per heavy atom. The lowest BCUT2D eigenvalue weighted by atomic mass is 10.1. The van der Waals surface area contributed by atoms with Gasteiger partial charge in [-0.3, -0.25) is 0 Å². The van der Waals surface area contributed by atoms with Crippen LogP contribution < -0.4 is 0 Å². The van der Waals surface area contributed by atoms with E-state index in [1.807, 2.05) is 6.07 Å². The molecule has 2 aromatic rings. The number of aromatic nitrogens is 1. The molecule has 76 valence electrons. The van der Waals surface area contributed by atoms with Gasteiger partial charge in [0.1, 0.15) is 0 Å². The molecule has 0 atom stereocenters. The summed E-state index contributed by atoms with van der Waals surface area (Å²) in [5.41, 5.74) is 1.73. The quantitative estimate of drug-likeness (QED) is 0.766. The summed E-state index contributed by atoms with van der Waals surface area (Å²) >= 11 is 5.82. The fourth-order valence-corrected chi connectivity index (χ4v) is 1.59. The number of rotatable bonds is 2. The maximum Gasteiger partial charge on any atom is 0.328 e. The minimum atomic E-state index is -0.960. The van der Waals surface area contributed by atoms with Crippen molar-refractivity contribution in [3.63, 3.8) is 0 Å². The molecule has 1 heterocycles. The van der Waals surface area contributed by atoms with Crippen molar-refractivity contribution in [2.24, 2.45) is 0 Å². The summed E-state index contributed by atoms with van der Waals surface area (Å²) in [5.74, 6) is -0.960. The van der Waals surface area contributed by atoms with Crippen LogP contribution in [0.15, 0.2) is 30.5 Å². The predicted molar refractivity (Wildman–Crippen MR) is 60.0 cm³/mol. The average molecular weight is 222 g/mol. The second-order valence-electron chi connectivity index (χ2n) is 3.11. The number of carbonyl (C=O) groups is 1. The first-order valence-corrected chi connectivity index (χ1v) is 4.72. The molecular weight excluding hydrogens is 214 g/mol. The Balaban J connectivity index is 2.50. The highest BCUT2D eigenvalue weighted by Gasteiger charge is 2.01. The fraction of sp³-hybridized carbons (Fsp3) is 0. The van der Waals surface area contributed by atoms with Gasteiger partial charge in [-0.25, -0.2) is 4.79 Å². The van der Waals surface area contributed by atoms with Crippen LogP contribution in [0.1, 0.15) is 5.56 Å². The number of aromatic amines is 1. The molecule has 0 fully saturated rings. The van der Waals surface area contributed by atoms with Gasteiger partial charge in [-0.1, -0.05) is 17.7 Å². The van der Waals surface area contributed by atoms with Crippen molar-refractivity contribution in [3.05, 3.63) is 41.1 Å². The molecule has 0 aliphatic heterocycles. The number of aliphatic carboxylic acids is 1. The molecule has 2 rings (SSSR count). The molecule has 1 aromatic heterocycles. The third-order valence-corrected chi connectivity index (χ3v) is 2.32. The van der Waals surface area contributed by atoms with Crippen molar-refractivity contribution in [1.82, 2.24) is 4.98 Å². The Kier molecular flexibility index (Phi) is 2.47. The maximum absolute atomic E-state index is 10.4. The van der Waals surface area contributed by atoms with Gasteiger partial charge in [0.05, 0.1) is 0 Å². The number of nitrogens with one attached hydrogen (secondary N) is 1. The molecule has 3 nitrogen and oxygen atoms in total. The predicted octanol–water partition coefficient (Wildman–Crippen LogP) is 2.92. The molecule has 1 aromatic carbocycles. The van der Waals surface area contributed by atoms with Gasteiger partial charge in [-0.15, -0.1) is 0 Å². The highest BCUT2D eigenvalue weighted by Crippen LogP contribution is 2.22. The number of hydrogen-bond acceptors (Lipinski definition) is 1. The zero-order valence-electron chi connectivity index (χ0n) is 7.70. The number of carboxylic acid groups (broad SMARTS) is 1. The summed E-state index contributed by atoms with van der Waals surface area (Å²) in [6, 6.07) is 5.43. The van der Waals surface area contributed by atoms with E-state index in [4.69, 9.17) is 16.7 Å². The third-order valence-electron chi connectivity index (χ3n) is 2.08. The summed E-state index contributed by atoms with van der Waals surface area (Å²) in [7, 11) is 0. The normalized spacial score (nSPS) is 11.3. The van der Waals surface area contributed by atoms with E-state index in [0.29, 0.717) is 5.02 Å². The Bertz CT molecular complexity index is 543. The Hall–Kier alpha value is -1.74. The van der Waals surface area contributed by atoms with E-state index in [2.05, 4.69) is 4.98 Å². The molecule has 0 unspecified atom stereocenters. The third kappa shape index (κ3) is 2.02. The number of halogens is 1. The van der Waals surface area contributed by atoms with Crippen molar-refractivity contribution in [2.45, 2.75) is 0 Å². The zero-order valence-corrected chi connectivity index (χ0v) is 8.45.